The quantitative estimate of drug-likeness (QED) is 0.461. The molecule has 0 unspecified atom stereocenters. The fraction of sp³-hybridized carbons (Fsp3) is 0. The summed E-state index contributed by atoms with van der Waals surface area (Å²) < 4.78 is 1.63. The predicted molar refractivity (Wildman–Crippen MR) is 83.7 cm³/mol. The molecule has 106 valence electrons. The zero-order valence-corrected chi connectivity index (χ0v) is 11.5. The van der Waals surface area contributed by atoms with Crippen molar-refractivity contribution in [3.63, 3.8) is 0 Å². The number of hydrazone groups is 1. The number of hydrogen-bond donors (Lipinski definition) is 1. The average molecular weight is 289 g/mol. The molecule has 7 heteroatoms. The molecular weight excluding hydrogens is 278 g/mol. The second-order valence-electron chi connectivity index (χ2n) is 4.62. The zero-order chi connectivity index (χ0) is 14.8. The van der Waals surface area contributed by atoms with Gasteiger partial charge in [0.15, 0.2) is 11.5 Å². The fourth-order valence-electron chi connectivity index (χ4n) is 2.22. The molecule has 4 aromatic rings. The Hall–Kier alpha value is -3.35. The molecule has 0 spiro atoms. The highest BCUT2D eigenvalue weighted by atomic mass is 15.4. The number of anilines is 1. The maximum absolute atomic E-state index is 4.44. The molecule has 0 saturated heterocycles. The van der Waals surface area contributed by atoms with Gasteiger partial charge in [0.25, 0.3) is 0 Å². The van der Waals surface area contributed by atoms with Crippen LogP contribution in [0, 0.1) is 0 Å². The van der Waals surface area contributed by atoms with Crippen LogP contribution in [-0.4, -0.2) is 31.0 Å². The van der Waals surface area contributed by atoms with Crippen LogP contribution in [0.3, 0.4) is 0 Å². The van der Waals surface area contributed by atoms with Crippen LogP contribution in [0.15, 0.2) is 60.1 Å². The van der Waals surface area contributed by atoms with Gasteiger partial charge < -0.3 is 0 Å². The van der Waals surface area contributed by atoms with Gasteiger partial charge in [0.05, 0.1) is 11.9 Å². The molecule has 0 saturated carbocycles. The number of fused-ring (bicyclic) bond motifs is 3. The molecule has 0 aliphatic heterocycles. The van der Waals surface area contributed by atoms with E-state index in [0.717, 1.165) is 22.1 Å². The van der Waals surface area contributed by atoms with E-state index in [9.17, 15) is 0 Å². The highest BCUT2D eigenvalue weighted by Crippen LogP contribution is 2.23. The maximum Gasteiger partial charge on any atom is 0.185 e. The Morgan fingerprint density at radius 2 is 1.91 bits per heavy atom. The number of rotatable bonds is 3. The van der Waals surface area contributed by atoms with Crippen LogP contribution in [0.2, 0.25) is 0 Å². The normalized spacial score (nSPS) is 11.5. The van der Waals surface area contributed by atoms with Crippen LogP contribution in [0.4, 0.5) is 5.82 Å². The van der Waals surface area contributed by atoms with Gasteiger partial charge in [0.1, 0.15) is 6.33 Å². The first kappa shape index (κ1) is 12.4. The minimum absolute atomic E-state index is 0.634. The van der Waals surface area contributed by atoms with Crippen molar-refractivity contribution in [1.82, 2.24) is 24.8 Å². The lowest BCUT2D eigenvalue weighted by atomic mass is 10.2. The minimum atomic E-state index is 0.634. The summed E-state index contributed by atoms with van der Waals surface area (Å²) in [4.78, 5) is 4.18. The number of pyridine rings is 1. The molecule has 1 N–H and O–H groups in total. The predicted octanol–water partition coefficient (Wildman–Crippen LogP) is 2.12. The van der Waals surface area contributed by atoms with E-state index >= 15 is 0 Å². The molecule has 0 fully saturated rings. The number of nitrogens with one attached hydrogen (secondary N) is 1. The molecule has 0 aliphatic carbocycles. The molecule has 0 bridgehead atoms. The van der Waals surface area contributed by atoms with Gasteiger partial charge in [-0.2, -0.15) is 9.62 Å². The third-order valence-corrected chi connectivity index (χ3v) is 3.22. The first-order chi connectivity index (χ1) is 10.9. The molecule has 7 nitrogen and oxygen atoms in total. The van der Waals surface area contributed by atoms with E-state index in [1.54, 1.807) is 23.3 Å². The van der Waals surface area contributed by atoms with Crippen molar-refractivity contribution in [2.75, 3.05) is 5.43 Å². The van der Waals surface area contributed by atoms with Gasteiger partial charge in [-0.3, -0.25) is 10.4 Å². The van der Waals surface area contributed by atoms with Crippen LogP contribution < -0.4 is 5.43 Å². The standard InChI is InChI=1S/C15H11N7/c1-2-7-13-12(6-1)14(21-22-10-18-20-15(13)22)19-17-9-11-5-3-4-8-16-11/h1-10H,(H,19,21). The Morgan fingerprint density at radius 1 is 1.05 bits per heavy atom. The molecule has 3 heterocycles. The van der Waals surface area contributed by atoms with Crippen molar-refractivity contribution < 1.29 is 0 Å². The van der Waals surface area contributed by atoms with Crippen LogP contribution in [0.1, 0.15) is 5.69 Å². The van der Waals surface area contributed by atoms with Gasteiger partial charge in [-0.05, 0) is 12.1 Å². The molecule has 0 radical (unpaired) electrons. The summed E-state index contributed by atoms with van der Waals surface area (Å²) in [5.74, 6) is 0.634. The van der Waals surface area contributed by atoms with Crippen molar-refractivity contribution in [3.8, 4) is 0 Å². The Morgan fingerprint density at radius 3 is 2.77 bits per heavy atom. The largest absolute Gasteiger partial charge is 0.259 e. The SMILES string of the molecule is C(=NNc1nn2cnnc2c2ccccc12)c1ccccn1. The smallest absolute Gasteiger partial charge is 0.185 e. The second-order valence-corrected chi connectivity index (χ2v) is 4.62. The first-order valence-corrected chi connectivity index (χ1v) is 6.71. The topological polar surface area (TPSA) is 80.4 Å². The zero-order valence-electron chi connectivity index (χ0n) is 11.5. The summed E-state index contributed by atoms with van der Waals surface area (Å²) in [6.07, 6.45) is 4.93. The van der Waals surface area contributed by atoms with Gasteiger partial charge in [-0.1, -0.05) is 30.3 Å². The molecule has 4 rings (SSSR count). The Bertz CT molecular complexity index is 959. The highest BCUT2D eigenvalue weighted by Gasteiger charge is 2.08. The Balaban J connectivity index is 1.75. The lowest BCUT2D eigenvalue weighted by molar-refractivity contribution is 0.934. The maximum atomic E-state index is 4.44. The lowest BCUT2D eigenvalue weighted by Gasteiger charge is -2.05. The van der Waals surface area contributed by atoms with E-state index in [-0.39, 0.29) is 0 Å². The van der Waals surface area contributed by atoms with E-state index in [1.807, 2.05) is 42.5 Å². The number of hydrogen-bond acceptors (Lipinski definition) is 6. The number of nitrogens with zero attached hydrogens (tertiary/aromatic N) is 6. The van der Waals surface area contributed by atoms with Crippen LogP contribution in [-0.2, 0) is 0 Å². The van der Waals surface area contributed by atoms with Gasteiger partial charge in [-0.25, -0.2) is 0 Å². The van der Waals surface area contributed by atoms with E-state index in [2.05, 4.69) is 30.8 Å². The molecule has 0 amide bonds. The van der Waals surface area contributed by atoms with Gasteiger partial charge >= 0.3 is 0 Å². The van der Waals surface area contributed by atoms with Crippen molar-refractivity contribution in [1.29, 1.82) is 0 Å². The lowest BCUT2D eigenvalue weighted by Crippen LogP contribution is -2.00. The number of aromatic nitrogens is 5. The summed E-state index contributed by atoms with van der Waals surface area (Å²) in [7, 11) is 0. The summed E-state index contributed by atoms with van der Waals surface area (Å²) >= 11 is 0. The van der Waals surface area contributed by atoms with E-state index in [1.165, 1.54) is 0 Å². The second kappa shape index (κ2) is 5.21. The molecular formula is C15H11N7. The van der Waals surface area contributed by atoms with E-state index < -0.39 is 0 Å². The first-order valence-electron chi connectivity index (χ1n) is 6.71. The summed E-state index contributed by atoms with van der Waals surface area (Å²) in [6, 6.07) is 13.5. The third kappa shape index (κ3) is 2.14. The minimum Gasteiger partial charge on any atom is -0.259 e. The van der Waals surface area contributed by atoms with E-state index in [0.29, 0.717) is 5.82 Å². The molecule has 3 aromatic heterocycles. The third-order valence-electron chi connectivity index (χ3n) is 3.22. The highest BCUT2D eigenvalue weighted by molar-refractivity contribution is 5.99. The van der Waals surface area contributed by atoms with Gasteiger partial charge in [0, 0.05) is 17.0 Å². The van der Waals surface area contributed by atoms with Crippen LogP contribution in [0.5, 0.6) is 0 Å². The fourth-order valence-corrected chi connectivity index (χ4v) is 2.22. The number of benzene rings is 1. The molecule has 0 atom stereocenters. The molecule has 1 aromatic carbocycles. The van der Waals surface area contributed by atoms with Crippen molar-refractivity contribution >= 4 is 28.5 Å². The summed E-state index contributed by atoms with van der Waals surface area (Å²) in [6.45, 7) is 0. The monoisotopic (exact) mass is 289 g/mol. The Kier molecular flexibility index (Phi) is 2.93. The summed E-state index contributed by atoms with van der Waals surface area (Å²) in [5, 5.41) is 18.5. The average Bonchev–Trinajstić information content (AvgIpc) is 3.04. The van der Waals surface area contributed by atoms with Crippen molar-refractivity contribution in [2.24, 2.45) is 5.10 Å². The molecule has 22 heavy (non-hydrogen) atoms. The van der Waals surface area contributed by atoms with Gasteiger partial charge in [0.2, 0.25) is 0 Å². The summed E-state index contributed by atoms with van der Waals surface area (Å²) in [5.41, 5.74) is 4.45. The van der Waals surface area contributed by atoms with Crippen molar-refractivity contribution in [2.45, 2.75) is 0 Å². The van der Waals surface area contributed by atoms with Crippen LogP contribution >= 0.6 is 0 Å². The van der Waals surface area contributed by atoms with Crippen molar-refractivity contribution in [3.05, 3.63) is 60.7 Å². The van der Waals surface area contributed by atoms with E-state index in [4.69, 9.17) is 0 Å². The van der Waals surface area contributed by atoms with Crippen LogP contribution in [0.25, 0.3) is 16.4 Å². The molecule has 0 aliphatic rings. The Labute approximate surface area is 125 Å². The van der Waals surface area contributed by atoms with Gasteiger partial charge in [-0.15, -0.1) is 15.3 Å².